The lowest BCUT2D eigenvalue weighted by Gasteiger charge is -2.35. The predicted octanol–water partition coefficient (Wildman–Crippen LogP) is 13.3. The Morgan fingerprint density at radius 3 is 2.05 bits per heavy atom. The fraction of sp³-hybridized carbons (Fsp3) is 0.0784. The number of nitrogens with zero attached hydrogens (tertiary/aromatic N) is 2. The minimum absolute atomic E-state index is 0.0270. The van der Waals surface area contributed by atoms with Crippen molar-refractivity contribution in [1.29, 1.82) is 0 Å². The van der Waals surface area contributed by atoms with Crippen molar-refractivity contribution >= 4 is 90.7 Å². The number of benzene rings is 7. The van der Waals surface area contributed by atoms with Gasteiger partial charge in [-0.3, -0.25) is 5.32 Å². The molecule has 1 aliphatic heterocycles. The maximum absolute atomic E-state index is 5.28. The Balaban J connectivity index is 0.943. The van der Waals surface area contributed by atoms with E-state index in [-0.39, 0.29) is 12.3 Å². The fourth-order valence-corrected chi connectivity index (χ4v) is 11.3. The normalized spacial score (nSPS) is 18.3. The van der Waals surface area contributed by atoms with Gasteiger partial charge in [-0.05, 0) is 83.8 Å². The summed E-state index contributed by atoms with van der Waals surface area (Å²) in [5, 5.41) is 15.2. The molecule has 3 atom stereocenters. The average molecular weight is 769 g/mol. The van der Waals surface area contributed by atoms with Crippen LogP contribution in [0.4, 0.5) is 0 Å². The fourth-order valence-electron chi connectivity index (χ4n) is 9.06. The van der Waals surface area contributed by atoms with Crippen LogP contribution in [0.3, 0.4) is 0 Å². The Kier molecular flexibility index (Phi) is 7.58. The number of aliphatic imine (C=N–C) groups is 1. The Bertz CT molecular complexity index is 3250. The summed E-state index contributed by atoms with van der Waals surface area (Å²) in [6.45, 7) is 0. The first kappa shape index (κ1) is 32.9. The van der Waals surface area contributed by atoms with E-state index in [1.165, 1.54) is 84.5 Å². The van der Waals surface area contributed by atoms with Crippen molar-refractivity contribution in [2.75, 3.05) is 0 Å². The Morgan fingerprint density at radius 2 is 1.25 bits per heavy atom. The lowest BCUT2D eigenvalue weighted by molar-refractivity contribution is 0.339. The van der Waals surface area contributed by atoms with Gasteiger partial charge in [0.05, 0.1) is 16.7 Å². The number of aromatic nitrogens is 1. The number of fused-ring (bicyclic) bond motifs is 9. The van der Waals surface area contributed by atoms with E-state index in [1.54, 1.807) is 0 Å². The third-order valence-electron chi connectivity index (χ3n) is 11.8. The number of thiophene rings is 2. The SMILES string of the molecule is C1=CCC(C2N=C(c3ccc4sc5cc(-c6ccc7sc8cccc(-n9c%10ccccc%10c%10ccccc%109)c8c7c6)ccc5c4c3)NC(c3ccccc3)N2)C=C1. The second-order valence-corrected chi connectivity index (χ2v) is 17.3. The van der Waals surface area contributed by atoms with Crippen molar-refractivity contribution in [2.24, 2.45) is 10.9 Å². The Hall–Kier alpha value is -6.31. The summed E-state index contributed by atoms with van der Waals surface area (Å²) >= 11 is 3.74. The van der Waals surface area contributed by atoms with Crippen LogP contribution in [0.1, 0.15) is 23.7 Å². The molecule has 6 heteroatoms. The first-order valence-corrected chi connectivity index (χ1v) is 21.3. The lowest BCUT2D eigenvalue weighted by atomic mass is 9.96. The molecule has 0 saturated carbocycles. The van der Waals surface area contributed by atoms with Crippen molar-refractivity contribution in [3.05, 3.63) is 187 Å². The van der Waals surface area contributed by atoms with Crippen molar-refractivity contribution in [3.63, 3.8) is 0 Å². The van der Waals surface area contributed by atoms with Gasteiger partial charge in [-0.25, -0.2) is 4.99 Å². The molecule has 272 valence electrons. The van der Waals surface area contributed by atoms with Gasteiger partial charge in [0.25, 0.3) is 0 Å². The van der Waals surface area contributed by atoms with Crippen molar-refractivity contribution in [2.45, 2.75) is 18.8 Å². The van der Waals surface area contributed by atoms with E-state index in [2.05, 4.69) is 191 Å². The van der Waals surface area contributed by atoms with Gasteiger partial charge in [-0.2, -0.15) is 0 Å². The van der Waals surface area contributed by atoms with Crippen LogP contribution < -0.4 is 10.6 Å². The zero-order valence-corrected chi connectivity index (χ0v) is 32.5. The molecule has 0 saturated heterocycles. The Morgan fingerprint density at radius 1 is 0.544 bits per heavy atom. The number of allylic oxidation sites excluding steroid dienone is 3. The first-order chi connectivity index (χ1) is 28.2. The molecule has 3 aromatic heterocycles. The second kappa shape index (κ2) is 13.1. The molecule has 0 amide bonds. The highest BCUT2D eigenvalue weighted by atomic mass is 32.1. The molecule has 0 fully saturated rings. The van der Waals surface area contributed by atoms with E-state index >= 15 is 0 Å². The number of hydrogen-bond acceptors (Lipinski definition) is 5. The molecule has 3 unspecified atom stereocenters. The number of hydrogen-bond donors (Lipinski definition) is 2. The first-order valence-electron chi connectivity index (χ1n) is 19.6. The quantitative estimate of drug-likeness (QED) is 0.183. The summed E-state index contributed by atoms with van der Waals surface area (Å²) in [6.07, 6.45) is 9.71. The smallest absolute Gasteiger partial charge is 0.131 e. The number of rotatable bonds is 5. The van der Waals surface area contributed by atoms with Crippen LogP contribution in [-0.4, -0.2) is 16.6 Å². The van der Waals surface area contributed by atoms with E-state index in [9.17, 15) is 0 Å². The highest BCUT2D eigenvalue weighted by Crippen LogP contribution is 2.43. The molecule has 7 aromatic carbocycles. The summed E-state index contributed by atoms with van der Waals surface area (Å²) in [6, 6.07) is 55.8. The van der Waals surface area contributed by atoms with E-state index < -0.39 is 0 Å². The lowest BCUT2D eigenvalue weighted by Crippen LogP contribution is -2.50. The summed E-state index contributed by atoms with van der Waals surface area (Å²) in [4.78, 5) is 5.28. The van der Waals surface area contributed by atoms with Crippen LogP contribution in [0.5, 0.6) is 0 Å². The van der Waals surface area contributed by atoms with Gasteiger partial charge in [-0.1, -0.05) is 115 Å². The van der Waals surface area contributed by atoms with Crippen LogP contribution in [0.15, 0.2) is 181 Å². The molecule has 0 bridgehead atoms. The predicted molar refractivity (Wildman–Crippen MR) is 244 cm³/mol. The van der Waals surface area contributed by atoms with Gasteiger partial charge in [0.1, 0.15) is 18.2 Å². The summed E-state index contributed by atoms with van der Waals surface area (Å²) in [7, 11) is 0. The minimum atomic E-state index is -0.0313. The van der Waals surface area contributed by atoms with Crippen LogP contribution in [0.25, 0.3) is 79.0 Å². The largest absolute Gasteiger partial charge is 0.350 e. The van der Waals surface area contributed by atoms with E-state index in [1.807, 2.05) is 22.7 Å². The maximum Gasteiger partial charge on any atom is 0.131 e. The van der Waals surface area contributed by atoms with Gasteiger partial charge >= 0.3 is 0 Å². The van der Waals surface area contributed by atoms with Gasteiger partial charge in [0.2, 0.25) is 0 Å². The zero-order chi connectivity index (χ0) is 37.5. The maximum atomic E-state index is 5.28. The molecule has 10 aromatic rings. The average Bonchev–Trinajstić information content (AvgIpc) is 3.95. The molecule has 4 heterocycles. The van der Waals surface area contributed by atoms with Crippen molar-refractivity contribution in [3.8, 4) is 16.8 Å². The molecular formula is C51H36N4S2. The molecule has 1 aliphatic carbocycles. The van der Waals surface area contributed by atoms with E-state index in [4.69, 9.17) is 4.99 Å². The van der Waals surface area contributed by atoms with Crippen LogP contribution in [0.2, 0.25) is 0 Å². The van der Waals surface area contributed by atoms with E-state index in [0.29, 0.717) is 5.92 Å². The van der Waals surface area contributed by atoms with E-state index in [0.717, 1.165) is 17.8 Å². The zero-order valence-electron chi connectivity index (χ0n) is 30.9. The summed E-state index contributed by atoms with van der Waals surface area (Å²) in [5.41, 5.74) is 8.48. The van der Waals surface area contributed by atoms with Gasteiger partial charge in [0, 0.05) is 62.6 Å². The summed E-state index contributed by atoms with van der Waals surface area (Å²) < 4.78 is 7.64. The number of para-hydroxylation sites is 2. The molecule has 0 radical (unpaired) electrons. The third kappa shape index (κ3) is 5.40. The summed E-state index contributed by atoms with van der Waals surface area (Å²) in [5.74, 6) is 1.24. The monoisotopic (exact) mass is 768 g/mol. The van der Waals surface area contributed by atoms with Crippen molar-refractivity contribution in [1.82, 2.24) is 15.2 Å². The molecule has 0 spiro atoms. The van der Waals surface area contributed by atoms with Gasteiger partial charge in [-0.15, -0.1) is 22.7 Å². The minimum Gasteiger partial charge on any atom is -0.350 e. The molecule has 57 heavy (non-hydrogen) atoms. The van der Waals surface area contributed by atoms with Gasteiger partial charge < -0.3 is 9.88 Å². The number of amidine groups is 1. The molecule has 12 rings (SSSR count). The van der Waals surface area contributed by atoms with Crippen LogP contribution in [-0.2, 0) is 0 Å². The molecule has 4 nitrogen and oxygen atoms in total. The highest BCUT2D eigenvalue weighted by molar-refractivity contribution is 7.26. The standard InChI is InChI=1S/C51H36N4S2/c1-3-12-31(13-4-1)49-52-50(32-14-5-2-6-15-32)54-51(53-49)35-24-27-44-39(29-35)38-25-22-34(30-47(38)57-44)33-23-26-45-40(28-33)48-43(20-11-21-46(48)56-45)55-41-18-9-7-16-36(41)37-17-8-10-19-42(37)55/h1-14,16-30,32,49-50,52H,15H2,(H,53,54). The topological polar surface area (TPSA) is 41.4 Å². The van der Waals surface area contributed by atoms with Crippen LogP contribution in [0, 0.1) is 5.92 Å². The third-order valence-corrected chi connectivity index (χ3v) is 14.1. The van der Waals surface area contributed by atoms with Crippen LogP contribution >= 0.6 is 22.7 Å². The highest BCUT2D eigenvalue weighted by Gasteiger charge is 2.29. The molecule has 2 aliphatic rings. The second-order valence-electron chi connectivity index (χ2n) is 15.1. The van der Waals surface area contributed by atoms with Gasteiger partial charge in [0.15, 0.2) is 0 Å². The molecule has 2 N–H and O–H groups in total. The molecular weight excluding hydrogens is 733 g/mol. The Labute approximate surface area is 337 Å². The van der Waals surface area contributed by atoms with Crippen molar-refractivity contribution < 1.29 is 0 Å². The number of nitrogens with one attached hydrogen (secondary N) is 2.